The second-order valence-electron chi connectivity index (χ2n) is 6.75. The van der Waals surface area contributed by atoms with Crippen molar-refractivity contribution in [2.45, 2.75) is 13.2 Å². The van der Waals surface area contributed by atoms with E-state index in [9.17, 15) is 4.79 Å². The number of pyridine rings is 1. The van der Waals surface area contributed by atoms with E-state index in [1.165, 1.54) is 12.4 Å². The number of rotatable bonds is 8. The number of hydrogen-bond donors (Lipinski definition) is 1. The highest BCUT2D eigenvalue weighted by Crippen LogP contribution is 2.17. The zero-order valence-electron chi connectivity index (χ0n) is 16.8. The summed E-state index contributed by atoms with van der Waals surface area (Å²) in [6.45, 7) is 0.937. The molecule has 2 aromatic carbocycles. The predicted molar refractivity (Wildman–Crippen MR) is 118 cm³/mol. The van der Waals surface area contributed by atoms with E-state index in [1.54, 1.807) is 23.3 Å². The number of hydrogen-bond acceptors (Lipinski definition) is 5. The number of amides is 1. The SMILES string of the molecule is O=C(C=Cc1ccc(OCc2ccccn2)cc1)Nc1ccccc1Cn1cncn1. The minimum absolute atomic E-state index is 0.207. The van der Waals surface area contributed by atoms with Gasteiger partial charge < -0.3 is 10.1 Å². The standard InChI is InChI=1S/C24H21N5O2/c30-24(28-23-7-2-1-5-20(23)15-29-18-25-17-27-29)13-10-19-8-11-22(12-9-19)31-16-21-6-3-4-14-26-21/h1-14,17-18H,15-16H2,(H,28,30). The summed E-state index contributed by atoms with van der Waals surface area (Å²) in [4.78, 5) is 20.6. The molecule has 4 aromatic rings. The van der Waals surface area contributed by atoms with Crippen molar-refractivity contribution in [2.75, 3.05) is 5.32 Å². The molecule has 4 rings (SSSR count). The highest BCUT2D eigenvalue weighted by molar-refractivity contribution is 6.02. The van der Waals surface area contributed by atoms with Crippen LogP contribution in [0.25, 0.3) is 6.08 Å². The fourth-order valence-electron chi connectivity index (χ4n) is 2.93. The molecule has 0 atom stereocenters. The Morgan fingerprint density at radius 2 is 1.87 bits per heavy atom. The fraction of sp³-hybridized carbons (Fsp3) is 0.0833. The van der Waals surface area contributed by atoms with Crippen molar-refractivity contribution in [3.8, 4) is 5.75 Å². The highest BCUT2D eigenvalue weighted by Gasteiger charge is 2.05. The largest absolute Gasteiger partial charge is 0.487 e. The summed E-state index contributed by atoms with van der Waals surface area (Å²) in [5, 5.41) is 7.03. The molecule has 2 heterocycles. The average molecular weight is 411 g/mol. The van der Waals surface area contributed by atoms with Crippen LogP contribution in [0.15, 0.2) is 91.7 Å². The van der Waals surface area contributed by atoms with E-state index < -0.39 is 0 Å². The first kappa shape index (κ1) is 20.0. The van der Waals surface area contributed by atoms with Gasteiger partial charge in [-0.3, -0.25) is 9.78 Å². The molecular weight excluding hydrogens is 390 g/mol. The quantitative estimate of drug-likeness (QED) is 0.444. The molecule has 2 aromatic heterocycles. The monoisotopic (exact) mass is 411 g/mol. The Morgan fingerprint density at radius 1 is 1.03 bits per heavy atom. The number of nitrogens with zero attached hydrogens (tertiary/aromatic N) is 4. The predicted octanol–water partition coefficient (Wildman–Crippen LogP) is 3.95. The van der Waals surface area contributed by atoms with Crippen molar-refractivity contribution < 1.29 is 9.53 Å². The minimum atomic E-state index is -0.207. The maximum absolute atomic E-state index is 12.4. The Labute approximate surface area is 180 Å². The van der Waals surface area contributed by atoms with Gasteiger partial charge in [0.05, 0.1) is 12.2 Å². The number of aromatic nitrogens is 4. The van der Waals surface area contributed by atoms with E-state index in [0.717, 1.165) is 28.3 Å². The van der Waals surface area contributed by atoms with Crippen LogP contribution in [0.2, 0.25) is 0 Å². The number of anilines is 1. The zero-order chi connectivity index (χ0) is 21.3. The van der Waals surface area contributed by atoms with E-state index >= 15 is 0 Å². The number of benzene rings is 2. The van der Waals surface area contributed by atoms with Gasteiger partial charge in [0.2, 0.25) is 5.91 Å². The first-order valence-electron chi connectivity index (χ1n) is 9.78. The third kappa shape index (κ3) is 5.86. The van der Waals surface area contributed by atoms with Crippen LogP contribution in [-0.4, -0.2) is 25.7 Å². The Balaban J connectivity index is 1.33. The van der Waals surface area contributed by atoms with Crippen LogP contribution in [0.5, 0.6) is 5.75 Å². The van der Waals surface area contributed by atoms with E-state index in [2.05, 4.69) is 20.4 Å². The molecule has 0 radical (unpaired) electrons. The normalized spacial score (nSPS) is 10.8. The van der Waals surface area contributed by atoms with Crippen molar-refractivity contribution in [2.24, 2.45) is 0 Å². The molecule has 0 unspecified atom stereocenters. The van der Waals surface area contributed by atoms with Gasteiger partial charge in [0.1, 0.15) is 25.0 Å². The van der Waals surface area contributed by atoms with Gasteiger partial charge in [-0.1, -0.05) is 36.4 Å². The smallest absolute Gasteiger partial charge is 0.248 e. The van der Waals surface area contributed by atoms with Crippen molar-refractivity contribution in [1.82, 2.24) is 19.7 Å². The molecule has 0 aliphatic heterocycles. The van der Waals surface area contributed by atoms with E-state index in [-0.39, 0.29) is 5.91 Å². The summed E-state index contributed by atoms with van der Waals surface area (Å²) in [5.74, 6) is 0.538. The number of ether oxygens (including phenoxy) is 1. The topological polar surface area (TPSA) is 81.9 Å². The maximum Gasteiger partial charge on any atom is 0.248 e. The molecule has 0 aliphatic carbocycles. The van der Waals surface area contributed by atoms with Gasteiger partial charge in [0, 0.05) is 18.0 Å². The Hall–Kier alpha value is -4.26. The van der Waals surface area contributed by atoms with Gasteiger partial charge in [0.15, 0.2) is 0 Å². The molecule has 0 spiro atoms. The molecule has 1 N–H and O–H groups in total. The second-order valence-corrected chi connectivity index (χ2v) is 6.75. The average Bonchev–Trinajstić information content (AvgIpc) is 3.32. The molecule has 1 amide bonds. The third-order valence-corrected chi connectivity index (χ3v) is 4.49. The molecule has 154 valence electrons. The van der Waals surface area contributed by atoms with Crippen LogP contribution < -0.4 is 10.1 Å². The molecule has 7 heteroatoms. The molecular formula is C24H21N5O2. The van der Waals surface area contributed by atoms with Gasteiger partial charge in [0.25, 0.3) is 0 Å². The summed E-state index contributed by atoms with van der Waals surface area (Å²) in [5.41, 5.74) is 3.46. The van der Waals surface area contributed by atoms with Crippen LogP contribution in [0.4, 0.5) is 5.69 Å². The summed E-state index contributed by atoms with van der Waals surface area (Å²) in [7, 11) is 0. The summed E-state index contributed by atoms with van der Waals surface area (Å²) in [6, 6.07) is 20.9. The lowest BCUT2D eigenvalue weighted by molar-refractivity contribution is -0.111. The molecule has 7 nitrogen and oxygen atoms in total. The second kappa shape index (κ2) is 9.98. The maximum atomic E-state index is 12.4. The van der Waals surface area contributed by atoms with Gasteiger partial charge >= 0.3 is 0 Å². The van der Waals surface area contributed by atoms with Crippen LogP contribution in [0.3, 0.4) is 0 Å². The van der Waals surface area contributed by atoms with Crippen molar-refractivity contribution in [3.63, 3.8) is 0 Å². The fourth-order valence-corrected chi connectivity index (χ4v) is 2.93. The van der Waals surface area contributed by atoms with E-state index in [0.29, 0.717) is 13.2 Å². The van der Waals surface area contributed by atoms with Gasteiger partial charge in [-0.15, -0.1) is 0 Å². The van der Waals surface area contributed by atoms with Gasteiger partial charge in [-0.25, -0.2) is 9.67 Å². The summed E-state index contributed by atoms with van der Waals surface area (Å²) >= 11 is 0. The lowest BCUT2D eigenvalue weighted by atomic mass is 10.1. The number of carbonyl (C=O) groups excluding carboxylic acids is 1. The molecule has 31 heavy (non-hydrogen) atoms. The van der Waals surface area contributed by atoms with Crippen LogP contribution in [0, 0.1) is 0 Å². The summed E-state index contributed by atoms with van der Waals surface area (Å²) in [6.07, 6.45) is 8.14. The number of carbonyl (C=O) groups is 1. The molecule has 0 saturated heterocycles. The third-order valence-electron chi connectivity index (χ3n) is 4.49. The van der Waals surface area contributed by atoms with Crippen molar-refractivity contribution in [3.05, 3.63) is 108 Å². The Morgan fingerprint density at radius 3 is 2.65 bits per heavy atom. The Kier molecular flexibility index (Phi) is 6.45. The van der Waals surface area contributed by atoms with Crippen LogP contribution >= 0.6 is 0 Å². The van der Waals surface area contributed by atoms with E-state index in [1.807, 2.05) is 66.7 Å². The molecule has 0 fully saturated rings. The number of para-hydroxylation sites is 1. The first-order chi connectivity index (χ1) is 15.3. The lowest BCUT2D eigenvalue weighted by Crippen LogP contribution is -2.11. The number of nitrogens with one attached hydrogen (secondary N) is 1. The lowest BCUT2D eigenvalue weighted by Gasteiger charge is -2.09. The molecule has 0 bridgehead atoms. The van der Waals surface area contributed by atoms with Crippen LogP contribution in [0.1, 0.15) is 16.8 Å². The van der Waals surface area contributed by atoms with Crippen LogP contribution in [-0.2, 0) is 17.9 Å². The van der Waals surface area contributed by atoms with Gasteiger partial charge in [-0.2, -0.15) is 5.10 Å². The van der Waals surface area contributed by atoms with Crippen molar-refractivity contribution >= 4 is 17.7 Å². The zero-order valence-corrected chi connectivity index (χ0v) is 16.8. The van der Waals surface area contributed by atoms with Gasteiger partial charge in [-0.05, 0) is 47.5 Å². The van der Waals surface area contributed by atoms with E-state index in [4.69, 9.17) is 4.74 Å². The highest BCUT2D eigenvalue weighted by atomic mass is 16.5. The minimum Gasteiger partial charge on any atom is -0.487 e. The Bertz CT molecular complexity index is 1140. The first-order valence-corrected chi connectivity index (χ1v) is 9.78. The summed E-state index contributed by atoms with van der Waals surface area (Å²) < 4.78 is 7.44. The molecule has 0 saturated carbocycles. The molecule has 0 aliphatic rings. The van der Waals surface area contributed by atoms with Crippen molar-refractivity contribution in [1.29, 1.82) is 0 Å².